The molecule has 2 aromatic carbocycles. The fourth-order valence-electron chi connectivity index (χ4n) is 1.75. The molecule has 0 aliphatic carbocycles. The van der Waals surface area contributed by atoms with Crippen molar-refractivity contribution in [1.82, 2.24) is 4.72 Å². The molecule has 0 aromatic heterocycles. The number of rotatable bonds is 5. The molecule has 0 saturated heterocycles. The maximum atomic E-state index is 13.5. The first kappa shape index (κ1) is 16.7. The molecular formula is C14H12ClF2NO3S. The van der Waals surface area contributed by atoms with Crippen LogP contribution in [0.1, 0.15) is 5.56 Å². The van der Waals surface area contributed by atoms with E-state index in [-0.39, 0.29) is 22.0 Å². The minimum absolute atomic E-state index is 0.0943. The van der Waals surface area contributed by atoms with Gasteiger partial charge in [0.2, 0.25) is 10.0 Å². The molecule has 0 aliphatic heterocycles. The zero-order valence-electron chi connectivity index (χ0n) is 11.4. The van der Waals surface area contributed by atoms with Crippen molar-refractivity contribution in [2.75, 3.05) is 7.11 Å². The third-order valence-corrected chi connectivity index (χ3v) is 4.59. The van der Waals surface area contributed by atoms with E-state index in [1.54, 1.807) is 0 Å². The Labute approximate surface area is 131 Å². The second-order valence-corrected chi connectivity index (χ2v) is 6.53. The molecule has 0 spiro atoms. The van der Waals surface area contributed by atoms with Crippen LogP contribution in [0, 0.1) is 11.6 Å². The van der Waals surface area contributed by atoms with Crippen LogP contribution in [0.4, 0.5) is 8.78 Å². The number of benzene rings is 2. The summed E-state index contributed by atoms with van der Waals surface area (Å²) in [5.41, 5.74) is -0.0943. The van der Waals surface area contributed by atoms with Crippen molar-refractivity contribution in [3.05, 3.63) is 58.6 Å². The zero-order valence-corrected chi connectivity index (χ0v) is 13.0. The fourth-order valence-corrected chi connectivity index (χ4v) is 3.10. The maximum absolute atomic E-state index is 13.5. The maximum Gasteiger partial charge on any atom is 0.240 e. The molecule has 0 aliphatic rings. The van der Waals surface area contributed by atoms with Crippen LogP contribution in [0.15, 0.2) is 41.3 Å². The lowest BCUT2D eigenvalue weighted by Gasteiger charge is -2.09. The Balaban J connectivity index is 2.21. The number of hydrogen-bond acceptors (Lipinski definition) is 3. The van der Waals surface area contributed by atoms with Crippen molar-refractivity contribution < 1.29 is 21.9 Å². The summed E-state index contributed by atoms with van der Waals surface area (Å²) in [6.45, 7) is -0.379. The third kappa shape index (κ3) is 3.73. The minimum Gasteiger partial charge on any atom is -0.495 e. The van der Waals surface area contributed by atoms with Crippen molar-refractivity contribution in [1.29, 1.82) is 0 Å². The first-order valence-corrected chi connectivity index (χ1v) is 7.97. The third-order valence-electron chi connectivity index (χ3n) is 2.89. The molecule has 22 heavy (non-hydrogen) atoms. The first-order valence-electron chi connectivity index (χ1n) is 6.10. The second kappa shape index (κ2) is 6.60. The van der Waals surface area contributed by atoms with Gasteiger partial charge >= 0.3 is 0 Å². The molecular weight excluding hydrogens is 336 g/mol. The predicted molar refractivity (Wildman–Crippen MR) is 78.4 cm³/mol. The Morgan fingerprint density at radius 1 is 1.18 bits per heavy atom. The molecule has 0 unspecified atom stereocenters. The summed E-state index contributed by atoms with van der Waals surface area (Å²) in [6.07, 6.45) is 0. The molecule has 0 radical (unpaired) electrons. The van der Waals surface area contributed by atoms with E-state index in [0.29, 0.717) is 5.75 Å². The number of methoxy groups -OCH3 is 1. The van der Waals surface area contributed by atoms with Gasteiger partial charge in [0.25, 0.3) is 0 Å². The Morgan fingerprint density at radius 3 is 2.55 bits per heavy atom. The molecule has 0 bridgehead atoms. The number of sulfonamides is 1. The topological polar surface area (TPSA) is 55.4 Å². The molecule has 0 atom stereocenters. The van der Waals surface area contributed by atoms with Crippen LogP contribution in [-0.4, -0.2) is 15.5 Å². The van der Waals surface area contributed by atoms with Crippen LogP contribution in [0.2, 0.25) is 5.02 Å². The van der Waals surface area contributed by atoms with Crippen molar-refractivity contribution in [2.45, 2.75) is 11.4 Å². The summed E-state index contributed by atoms with van der Waals surface area (Å²) in [7, 11) is -2.51. The van der Waals surface area contributed by atoms with Crippen LogP contribution in [0.25, 0.3) is 0 Å². The van der Waals surface area contributed by atoms with Gasteiger partial charge < -0.3 is 4.74 Å². The van der Waals surface area contributed by atoms with Crippen molar-refractivity contribution in [3.63, 3.8) is 0 Å². The molecule has 0 saturated carbocycles. The van der Waals surface area contributed by atoms with Gasteiger partial charge in [0.1, 0.15) is 17.4 Å². The largest absolute Gasteiger partial charge is 0.495 e. The molecule has 0 fully saturated rings. The SMILES string of the molecule is COc1ccc(S(=O)(=O)NCc2cc(F)ccc2F)cc1Cl. The minimum atomic E-state index is -3.91. The lowest BCUT2D eigenvalue weighted by atomic mass is 10.2. The van der Waals surface area contributed by atoms with E-state index < -0.39 is 21.7 Å². The van der Waals surface area contributed by atoms with Gasteiger partial charge in [0, 0.05) is 12.1 Å². The highest BCUT2D eigenvalue weighted by Gasteiger charge is 2.17. The number of nitrogens with one attached hydrogen (secondary N) is 1. The van der Waals surface area contributed by atoms with Crippen molar-refractivity contribution >= 4 is 21.6 Å². The summed E-state index contributed by atoms with van der Waals surface area (Å²) in [6, 6.07) is 6.73. The molecule has 8 heteroatoms. The van der Waals surface area contributed by atoms with E-state index in [2.05, 4.69) is 4.72 Å². The zero-order chi connectivity index (χ0) is 16.3. The van der Waals surface area contributed by atoms with E-state index in [9.17, 15) is 17.2 Å². The lowest BCUT2D eigenvalue weighted by molar-refractivity contribution is 0.414. The van der Waals surface area contributed by atoms with E-state index >= 15 is 0 Å². The molecule has 2 rings (SSSR count). The van der Waals surface area contributed by atoms with Crippen LogP contribution >= 0.6 is 11.6 Å². The summed E-state index contributed by atoms with van der Waals surface area (Å²) in [5.74, 6) is -1.02. The number of halogens is 3. The summed E-state index contributed by atoms with van der Waals surface area (Å²) in [4.78, 5) is -0.102. The van der Waals surface area contributed by atoms with E-state index in [1.807, 2.05) is 0 Å². The molecule has 118 valence electrons. The molecule has 4 nitrogen and oxygen atoms in total. The van der Waals surface area contributed by atoms with Crippen molar-refractivity contribution in [3.8, 4) is 5.75 Å². The van der Waals surface area contributed by atoms with Crippen LogP contribution in [-0.2, 0) is 16.6 Å². The average molecular weight is 348 g/mol. The highest BCUT2D eigenvalue weighted by Crippen LogP contribution is 2.26. The molecule has 0 heterocycles. The highest BCUT2D eigenvalue weighted by atomic mass is 35.5. The van der Waals surface area contributed by atoms with E-state index in [4.69, 9.17) is 16.3 Å². The normalized spacial score (nSPS) is 11.5. The summed E-state index contributed by atoms with van der Waals surface area (Å²) in [5, 5.41) is 0.127. The molecule has 0 amide bonds. The van der Waals surface area contributed by atoms with E-state index in [1.165, 1.54) is 25.3 Å². The fraction of sp³-hybridized carbons (Fsp3) is 0.143. The first-order chi connectivity index (χ1) is 10.3. The van der Waals surface area contributed by atoms with Crippen LogP contribution < -0.4 is 9.46 Å². The molecule has 1 N–H and O–H groups in total. The monoisotopic (exact) mass is 347 g/mol. The standard InChI is InChI=1S/C14H12ClF2NO3S/c1-21-14-5-3-11(7-12(14)15)22(19,20)18-8-9-6-10(16)2-4-13(9)17/h2-7,18H,8H2,1H3. The van der Waals surface area contributed by atoms with Crippen molar-refractivity contribution in [2.24, 2.45) is 0 Å². The van der Waals surface area contributed by atoms with Crippen LogP contribution in [0.5, 0.6) is 5.75 Å². The summed E-state index contributed by atoms with van der Waals surface area (Å²) >= 11 is 5.87. The smallest absolute Gasteiger partial charge is 0.240 e. The Morgan fingerprint density at radius 2 is 1.91 bits per heavy atom. The highest BCUT2D eigenvalue weighted by molar-refractivity contribution is 7.89. The quantitative estimate of drug-likeness (QED) is 0.904. The Hall–Kier alpha value is -1.70. The van der Waals surface area contributed by atoms with Gasteiger partial charge in [-0.1, -0.05) is 11.6 Å². The average Bonchev–Trinajstić information content (AvgIpc) is 2.48. The van der Waals surface area contributed by atoms with Gasteiger partial charge in [-0.2, -0.15) is 0 Å². The predicted octanol–water partition coefficient (Wildman–Crippen LogP) is 3.11. The van der Waals surface area contributed by atoms with Gasteiger partial charge in [0.05, 0.1) is 17.0 Å². The number of hydrogen-bond donors (Lipinski definition) is 1. The van der Waals surface area contributed by atoms with E-state index in [0.717, 1.165) is 18.2 Å². The van der Waals surface area contributed by atoms with Gasteiger partial charge in [0.15, 0.2) is 0 Å². The lowest BCUT2D eigenvalue weighted by Crippen LogP contribution is -2.23. The Kier molecular flexibility index (Phi) is 5.00. The Bertz CT molecular complexity index is 797. The van der Waals surface area contributed by atoms with Crippen LogP contribution in [0.3, 0.4) is 0 Å². The molecule has 2 aromatic rings. The van der Waals surface area contributed by atoms with Gasteiger partial charge in [-0.05, 0) is 36.4 Å². The van der Waals surface area contributed by atoms with Gasteiger partial charge in [-0.3, -0.25) is 0 Å². The second-order valence-electron chi connectivity index (χ2n) is 4.36. The van der Waals surface area contributed by atoms with Gasteiger partial charge in [-0.15, -0.1) is 0 Å². The van der Waals surface area contributed by atoms with Gasteiger partial charge in [-0.25, -0.2) is 21.9 Å². The summed E-state index contributed by atoms with van der Waals surface area (Å²) < 4.78 is 57.9. The number of ether oxygens (including phenoxy) is 1.